The average Bonchev–Trinajstić information content (AvgIpc) is 3.13. The minimum absolute atomic E-state index is 0.0633. The van der Waals surface area contributed by atoms with Gasteiger partial charge in [-0.3, -0.25) is 4.79 Å². The van der Waals surface area contributed by atoms with Gasteiger partial charge < -0.3 is 14.5 Å². The van der Waals surface area contributed by atoms with Gasteiger partial charge in [0.15, 0.2) is 5.60 Å². The van der Waals surface area contributed by atoms with Crippen molar-refractivity contribution in [1.82, 2.24) is 0 Å². The molecular weight excluding hydrogens is 512 g/mol. The van der Waals surface area contributed by atoms with Crippen molar-refractivity contribution in [2.24, 2.45) is 5.92 Å². The van der Waals surface area contributed by atoms with Gasteiger partial charge in [0.1, 0.15) is 13.9 Å². The molecule has 0 amide bonds. The summed E-state index contributed by atoms with van der Waals surface area (Å²) in [7, 11) is -2.20. The highest BCUT2D eigenvalue weighted by Gasteiger charge is 2.56. The first kappa shape index (κ1) is 25.6. The minimum atomic E-state index is -2.20. The number of ether oxygens (including phenoxy) is 1. The SMILES string of the molecule is CC(=O)C1CN(c2ccc3c(c2)[Si](C)(C)c2cc(N4CCC4)ccc2C32OC(=O)c3ccc(C(C)(C)C)cc32)C1. The Bertz CT molecular complexity index is 1590. The van der Waals surface area contributed by atoms with Crippen LogP contribution in [0.3, 0.4) is 0 Å². The zero-order valence-electron chi connectivity index (χ0n) is 24.4. The Kier molecular flexibility index (Phi) is 5.32. The van der Waals surface area contributed by atoms with Gasteiger partial charge in [-0.1, -0.05) is 52.1 Å². The average molecular weight is 551 g/mol. The predicted octanol–water partition coefficient (Wildman–Crippen LogP) is 4.82. The van der Waals surface area contributed by atoms with Gasteiger partial charge >= 0.3 is 5.97 Å². The maximum Gasteiger partial charge on any atom is 0.340 e. The second-order valence-corrected chi connectivity index (χ2v) is 18.0. The molecule has 3 aromatic rings. The van der Waals surface area contributed by atoms with Gasteiger partial charge in [-0.25, -0.2) is 4.79 Å². The molecule has 0 N–H and O–H groups in total. The third kappa shape index (κ3) is 3.44. The van der Waals surface area contributed by atoms with E-state index in [2.05, 4.69) is 92.2 Å². The molecule has 2 fully saturated rings. The molecule has 0 bridgehead atoms. The van der Waals surface area contributed by atoms with Gasteiger partial charge in [-0.05, 0) is 71.1 Å². The van der Waals surface area contributed by atoms with Gasteiger partial charge in [0.05, 0.1) is 11.5 Å². The minimum Gasteiger partial charge on any atom is -0.441 e. The van der Waals surface area contributed by atoms with E-state index in [-0.39, 0.29) is 23.1 Å². The van der Waals surface area contributed by atoms with Crippen molar-refractivity contribution >= 4 is 41.6 Å². The second kappa shape index (κ2) is 8.32. The van der Waals surface area contributed by atoms with Gasteiger partial charge in [0.25, 0.3) is 0 Å². The lowest BCUT2D eigenvalue weighted by Crippen LogP contribution is -2.63. The summed E-state index contributed by atoms with van der Waals surface area (Å²) in [6.07, 6.45) is 1.23. The third-order valence-corrected chi connectivity index (χ3v) is 13.4. The molecule has 0 radical (unpaired) electrons. The smallest absolute Gasteiger partial charge is 0.340 e. The number of benzene rings is 3. The topological polar surface area (TPSA) is 49.9 Å². The van der Waals surface area contributed by atoms with Crippen molar-refractivity contribution in [3.63, 3.8) is 0 Å². The monoisotopic (exact) mass is 550 g/mol. The summed E-state index contributed by atoms with van der Waals surface area (Å²) in [5.41, 5.74) is 6.42. The normalized spacial score (nSPS) is 22.7. The van der Waals surface area contributed by atoms with Crippen molar-refractivity contribution in [2.75, 3.05) is 36.0 Å². The van der Waals surface area contributed by atoms with E-state index < -0.39 is 13.7 Å². The number of anilines is 2. The molecule has 1 atom stereocenters. The van der Waals surface area contributed by atoms with Crippen molar-refractivity contribution < 1.29 is 14.3 Å². The highest BCUT2D eigenvalue weighted by Crippen LogP contribution is 2.50. The van der Waals surface area contributed by atoms with Crippen LogP contribution < -0.4 is 20.2 Å². The van der Waals surface area contributed by atoms with E-state index in [1.165, 1.54) is 28.0 Å². The molecule has 4 aliphatic heterocycles. The first-order valence-electron chi connectivity index (χ1n) is 14.6. The molecule has 4 aliphatic rings. The van der Waals surface area contributed by atoms with Crippen molar-refractivity contribution in [3.8, 4) is 0 Å². The number of ketones is 1. The number of esters is 1. The predicted molar refractivity (Wildman–Crippen MR) is 163 cm³/mol. The van der Waals surface area contributed by atoms with Crippen LogP contribution in [0.1, 0.15) is 66.7 Å². The molecule has 3 aromatic carbocycles. The summed E-state index contributed by atoms with van der Waals surface area (Å²) in [5.74, 6) is 0.127. The Morgan fingerprint density at radius 2 is 1.48 bits per heavy atom. The highest BCUT2D eigenvalue weighted by atomic mass is 28.3. The van der Waals surface area contributed by atoms with E-state index in [1.807, 2.05) is 6.07 Å². The summed E-state index contributed by atoms with van der Waals surface area (Å²) in [5, 5.41) is 2.65. The fourth-order valence-corrected chi connectivity index (χ4v) is 10.2. The molecule has 206 valence electrons. The van der Waals surface area contributed by atoms with Crippen molar-refractivity contribution in [1.29, 1.82) is 0 Å². The van der Waals surface area contributed by atoms with Gasteiger partial charge in [0, 0.05) is 54.2 Å². The van der Waals surface area contributed by atoms with Gasteiger partial charge in [-0.2, -0.15) is 0 Å². The van der Waals surface area contributed by atoms with Crippen molar-refractivity contribution in [2.45, 2.75) is 58.2 Å². The van der Waals surface area contributed by atoms with E-state index in [1.54, 1.807) is 6.92 Å². The Hall–Kier alpha value is -3.38. The number of fused-ring (bicyclic) bond motifs is 6. The molecule has 0 aromatic heterocycles. The molecule has 7 rings (SSSR count). The molecule has 1 spiro atoms. The lowest BCUT2D eigenvalue weighted by Gasteiger charge is -2.46. The number of hydrogen-bond acceptors (Lipinski definition) is 5. The van der Waals surface area contributed by atoms with Gasteiger partial charge in [-0.15, -0.1) is 0 Å². The third-order valence-electron chi connectivity index (χ3n) is 9.88. The van der Waals surface area contributed by atoms with E-state index in [9.17, 15) is 9.59 Å². The molecule has 0 saturated carbocycles. The number of hydrogen-bond donors (Lipinski definition) is 0. The zero-order valence-corrected chi connectivity index (χ0v) is 25.4. The van der Waals surface area contributed by atoms with E-state index >= 15 is 0 Å². The van der Waals surface area contributed by atoms with Crippen LogP contribution in [0.25, 0.3) is 0 Å². The molecule has 4 heterocycles. The van der Waals surface area contributed by atoms with E-state index in [0.29, 0.717) is 5.56 Å². The number of Topliss-reactive ketones (excluding diaryl/α,β-unsaturated/α-hetero) is 1. The Labute approximate surface area is 238 Å². The zero-order chi connectivity index (χ0) is 28.2. The lowest BCUT2D eigenvalue weighted by atomic mass is 9.76. The fourth-order valence-electron chi connectivity index (χ4n) is 7.05. The molecule has 1 unspecified atom stereocenters. The Balaban J connectivity index is 1.47. The molecule has 40 heavy (non-hydrogen) atoms. The Morgan fingerprint density at radius 1 is 0.875 bits per heavy atom. The van der Waals surface area contributed by atoms with Crippen LogP contribution in [0, 0.1) is 5.92 Å². The first-order valence-corrected chi connectivity index (χ1v) is 17.6. The quantitative estimate of drug-likeness (QED) is 0.346. The van der Waals surface area contributed by atoms with Crippen LogP contribution in [-0.2, 0) is 20.5 Å². The molecule has 0 aliphatic carbocycles. The molecular formula is C34H38N2O3Si. The van der Waals surface area contributed by atoms with Crippen LogP contribution in [0.15, 0.2) is 54.6 Å². The number of carbonyl (C=O) groups excluding carboxylic acids is 2. The number of rotatable bonds is 3. The second-order valence-electron chi connectivity index (χ2n) is 13.7. The summed E-state index contributed by atoms with van der Waals surface area (Å²) >= 11 is 0. The number of carbonyl (C=O) groups is 2. The standard InChI is InChI=1S/C34H38N2O3Si/c1-21(37)22-19-36(20-22)25-10-13-28-31(18-25)40(5,6)30-17-24(35-14-7-15-35)9-12-27(30)34(28)29-16-23(33(2,3)4)8-11-26(29)32(38)39-34/h8-13,16-18,22H,7,14-15,19-20H2,1-6H3. The largest absolute Gasteiger partial charge is 0.441 e. The van der Waals surface area contributed by atoms with Crippen molar-refractivity contribution in [3.05, 3.63) is 82.4 Å². The van der Waals surface area contributed by atoms with Crippen LogP contribution >= 0.6 is 0 Å². The maximum absolute atomic E-state index is 13.6. The van der Waals surface area contributed by atoms with Gasteiger partial charge in [0.2, 0.25) is 0 Å². The number of nitrogens with zero attached hydrogens (tertiary/aromatic N) is 2. The fraction of sp³-hybridized carbons (Fsp3) is 0.412. The van der Waals surface area contributed by atoms with E-state index in [0.717, 1.165) is 48.6 Å². The molecule has 5 nitrogen and oxygen atoms in total. The molecule has 2 saturated heterocycles. The summed E-state index contributed by atoms with van der Waals surface area (Å²) in [4.78, 5) is 30.3. The summed E-state index contributed by atoms with van der Waals surface area (Å²) in [6.45, 7) is 16.9. The first-order chi connectivity index (χ1) is 18.9. The summed E-state index contributed by atoms with van der Waals surface area (Å²) < 4.78 is 6.62. The maximum atomic E-state index is 13.6. The molecule has 6 heteroatoms. The van der Waals surface area contributed by atoms with Crippen LogP contribution in [0.2, 0.25) is 13.1 Å². The van der Waals surface area contributed by atoms with Crippen LogP contribution in [0.5, 0.6) is 0 Å². The Morgan fingerprint density at radius 3 is 2.00 bits per heavy atom. The highest BCUT2D eigenvalue weighted by molar-refractivity contribution is 7.01. The van der Waals surface area contributed by atoms with Crippen LogP contribution in [-0.4, -0.2) is 46.0 Å². The van der Waals surface area contributed by atoms with E-state index in [4.69, 9.17) is 4.74 Å². The van der Waals surface area contributed by atoms with Crippen LogP contribution in [0.4, 0.5) is 11.4 Å². The lowest BCUT2D eigenvalue weighted by molar-refractivity contribution is -0.121. The summed E-state index contributed by atoms with van der Waals surface area (Å²) in [6, 6.07) is 19.9.